The lowest BCUT2D eigenvalue weighted by molar-refractivity contribution is -0.116. The molecule has 0 unspecified atom stereocenters. The number of carbonyl (C=O) groups excluding carboxylic acids is 1. The topological polar surface area (TPSA) is 64.0 Å². The molecule has 3 aromatic rings. The van der Waals surface area contributed by atoms with Gasteiger partial charge in [0, 0.05) is 5.69 Å². The van der Waals surface area contributed by atoms with E-state index in [1.807, 2.05) is 0 Å². The number of para-hydroxylation sites is 1. The van der Waals surface area contributed by atoms with Crippen LogP contribution < -0.4 is 10.9 Å². The summed E-state index contributed by atoms with van der Waals surface area (Å²) in [6.45, 7) is -0.187. The van der Waals surface area contributed by atoms with Crippen molar-refractivity contribution in [3.8, 4) is 0 Å². The first kappa shape index (κ1) is 13.9. The van der Waals surface area contributed by atoms with Gasteiger partial charge >= 0.3 is 0 Å². The molecular formula is C16H12FN3O2. The zero-order chi connectivity index (χ0) is 15.5. The molecular weight excluding hydrogens is 285 g/mol. The lowest BCUT2D eigenvalue weighted by atomic mass is 10.2. The highest BCUT2D eigenvalue weighted by atomic mass is 19.1. The minimum Gasteiger partial charge on any atom is -0.324 e. The van der Waals surface area contributed by atoms with Gasteiger partial charge in [0.15, 0.2) is 0 Å². The molecule has 22 heavy (non-hydrogen) atoms. The van der Waals surface area contributed by atoms with E-state index in [0.29, 0.717) is 16.6 Å². The Balaban J connectivity index is 1.82. The molecule has 0 fully saturated rings. The highest BCUT2D eigenvalue weighted by Gasteiger charge is 2.08. The molecule has 5 nitrogen and oxygen atoms in total. The Labute approximate surface area is 125 Å². The molecule has 0 radical (unpaired) electrons. The van der Waals surface area contributed by atoms with Crippen molar-refractivity contribution >= 4 is 22.5 Å². The number of halogens is 1. The molecule has 0 bridgehead atoms. The first-order chi connectivity index (χ1) is 10.6. The SMILES string of the molecule is O=C(Cn1cnc2ccccc2c1=O)Nc1cccc(F)c1. The van der Waals surface area contributed by atoms with Crippen LogP contribution in [0.1, 0.15) is 0 Å². The minimum atomic E-state index is -0.442. The van der Waals surface area contributed by atoms with Gasteiger partial charge in [0.05, 0.1) is 17.2 Å². The van der Waals surface area contributed by atoms with Gasteiger partial charge in [-0.3, -0.25) is 14.2 Å². The number of carbonyl (C=O) groups is 1. The summed E-state index contributed by atoms with van der Waals surface area (Å²) in [4.78, 5) is 28.4. The van der Waals surface area contributed by atoms with E-state index in [9.17, 15) is 14.0 Å². The van der Waals surface area contributed by atoms with Gasteiger partial charge in [-0.2, -0.15) is 0 Å². The maximum Gasteiger partial charge on any atom is 0.261 e. The van der Waals surface area contributed by atoms with Crippen molar-refractivity contribution < 1.29 is 9.18 Å². The second-order valence-corrected chi connectivity index (χ2v) is 4.75. The molecule has 1 heterocycles. The van der Waals surface area contributed by atoms with Crippen LogP contribution in [0.2, 0.25) is 0 Å². The van der Waals surface area contributed by atoms with Crippen LogP contribution in [0.5, 0.6) is 0 Å². The van der Waals surface area contributed by atoms with E-state index in [4.69, 9.17) is 0 Å². The van der Waals surface area contributed by atoms with E-state index in [1.54, 1.807) is 30.3 Å². The van der Waals surface area contributed by atoms with Gasteiger partial charge in [-0.15, -0.1) is 0 Å². The second kappa shape index (κ2) is 5.77. The summed E-state index contributed by atoms with van der Waals surface area (Å²) < 4.78 is 14.3. The number of rotatable bonds is 3. The molecule has 110 valence electrons. The molecule has 0 spiro atoms. The first-order valence-corrected chi connectivity index (χ1v) is 6.63. The maximum absolute atomic E-state index is 13.1. The van der Waals surface area contributed by atoms with Gasteiger partial charge in [0.25, 0.3) is 5.56 Å². The smallest absolute Gasteiger partial charge is 0.261 e. The third kappa shape index (κ3) is 2.85. The van der Waals surface area contributed by atoms with Gasteiger partial charge in [-0.25, -0.2) is 9.37 Å². The molecule has 1 amide bonds. The molecule has 0 aliphatic heterocycles. The number of nitrogens with zero attached hydrogens (tertiary/aromatic N) is 2. The van der Waals surface area contributed by atoms with Gasteiger partial charge in [-0.05, 0) is 30.3 Å². The third-order valence-electron chi connectivity index (χ3n) is 3.15. The predicted octanol–water partition coefficient (Wildman–Crippen LogP) is 2.17. The van der Waals surface area contributed by atoms with Gasteiger partial charge < -0.3 is 5.32 Å². The Morgan fingerprint density at radius 2 is 2.00 bits per heavy atom. The van der Waals surface area contributed by atoms with E-state index in [2.05, 4.69) is 10.3 Å². The molecule has 3 rings (SSSR count). The van der Waals surface area contributed by atoms with E-state index in [1.165, 1.54) is 29.1 Å². The number of aromatic nitrogens is 2. The highest BCUT2D eigenvalue weighted by Crippen LogP contribution is 2.09. The average molecular weight is 297 g/mol. The Bertz CT molecular complexity index is 905. The summed E-state index contributed by atoms with van der Waals surface area (Å²) in [7, 11) is 0. The summed E-state index contributed by atoms with van der Waals surface area (Å²) in [5.41, 5.74) is 0.626. The normalized spacial score (nSPS) is 10.6. The monoisotopic (exact) mass is 297 g/mol. The van der Waals surface area contributed by atoms with Crippen molar-refractivity contribution in [3.05, 3.63) is 71.0 Å². The fraction of sp³-hybridized carbons (Fsp3) is 0.0625. The van der Waals surface area contributed by atoms with Crippen LogP contribution in [0.3, 0.4) is 0 Å². The van der Waals surface area contributed by atoms with Crippen LogP contribution in [0.25, 0.3) is 10.9 Å². The number of fused-ring (bicyclic) bond motifs is 1. The average Bonchev–Trinajstić information content (AvgIpc) is 2.50. The summed E-state index contributed by atoms with van der Waals surface area (Å²) in [5, 5.41) is 2.99. The van der Waals surface area contributed by atoms with Crippen LogP contribution in [-0.2, 0) is 11.3 Å². The van der Waals surface area contributed by atoms with Crippen molar-refractivity contribution in [2.45, 2.75) is 6.54 Å². The van der Waals surface area contributed by atoms with Gasteiger partial charge in [-0.1, -0.05) is 18.2 Å². The molecule has 6 heteroatoms. The Hall–Kier alpha value is -3.02. The lowest BCUT2D eigenvalue weighted by Gasteiger charge is -2.08. The number of hydrogen-bond acceptors (Lipinski definition) is 3. The summed E-state index contributed by atoms with van der Waals surface area (Å²) >= 11 is 0. The van der Waals surface area contributed by atoms with E-state index < -0.39 is 11.7 Å². The number of amides is 1. The predicted molar refractivity (Wildman–Crippen MR) is 81.0 cm³/mol. The van der Waals surface area contributed by atoms with E-state index in [0.717, 1.165) is 0 Å². The molecule has 0 saturated carbocycles. The maximum atomic E-state index is 13.1. The number of anilines is 1. The van der Waals surface area contributed by atoms with Crippen LogP contribution in [-0.4, -0.2) is 15.5 Å². The fourth-order valence-corrected chi connectivity index (χ4v) is 2.14. The molecule has 0 atom stereocenters. The van der Waals surface area contributed by atoms with E-state index in [-0.39, 0.29) is 12.1 Å². The van der Waals surface area contributed by atoms with Crippen LogP contribution in [0.15, 0.2) is 59.7 Å². The summed E-state index contributed by atoms with van der Waals surface area (Å²) in [5.74, 6) is -0.868. The largest absolute Gasteiger partial charge is 0.324 e. The standard InChI is InChI=1S/C16H12FN3O2/c17-11-4-3-5-12(8-11)19-15(21)9-20-10-18-14-7-2-1-6-13(14)16(20)22/h1-8,10H,9H2,(H,19,21). The molecule has 1 N–H and O–H groups in total. The minimum absolute atomic E-state index is 0.187. The molecule has 0 aliphatic carbocycles. The van der Waals surface area contributed by atoms with Crippen LogP contribution in [0, 0.1) is 5.82 Å². The van der Waals surface area contributed by atoms with Crippen molar-refractivity contribution in [1.82, 2.24) is 9.55 Å². The second-order valence-electron chi connectivity index (χ2n) is 4.75. The lowest BCUT2D eigenvalue weighted by Crippen LogP contribution is -2.27. The van der Waals surface area contributed by atoms with Gasteiger partial charge in [0.2, 0.25) is 5.91 Å². The zero-order valence-corrected chi connectivity index (χ0v) is 11.5. The Morgan fingerprint density at radius 3 is 2.82 bits per heavy atom. The highest BCUT2D eigenvalue weighted by molar-refractivity contribution is 5.90. The zero-order valence-electron chi connectivity index (χ0n) is 11.5. The molecule has 0 aliphatic rings. The fourth-order valence-electron chi connectivity index (χ4n) is 2.14. The van der Waals surface area contributed by atoms with Crippen molar-refractivity contribution in [1.29, 1.82) is 0 Å². The number of hydrogen-bond donors (Lipinski definition) is 1. The van der Waals surface area contributed by atoms with Crippen molar-refractivity contribution in [3.63, 3.8) is 0 Å². The van der Waals surface area contributed by atoms with E-state index >= 15 is 0 Å². The van der Waals surface area contributed by atoms with Crippen molar-refractivity contribution in [2.24, 2.45) is 0 Å². The van der Waals surface area contributed by atoms with Crippen LogP contribution >= 0.6 is 0 Å². The molecule has 2 aromatic carbocycles. The number of benzene rings is 2. The quantitative estimate of drug-likeness (QED) is 0.806. The van der Waals surface area contributed by atoms with Gasteiger partial charge in [0.1, 0.15) is 12.4 Å². The van der Waals surface area contributed by atoms with Crippen LogP contribution in [0.4, 0.5) is 10.1 Å². The molecule has 0 saturated heterocycles. The third-order valence-corrected chi connectivity index (χ3v) is 3.15. The Kier molecular flexibility index (Phi) is 3.65. The molecule has 1 aromatic heterocycles. The van der Waals surface area contributed by atoms with Crippen molar-refractivity contribution in [2.75, 3.05) is 5.32 Å². The summed E-state index contributed by atoms with van der Waals surface area (Å²) in [6.07, 6.45) is 1.33. The number of nitrogens with one attached hydrogen (secondary N) is 1. The first-order valence-electron chi connectivity index (χ1n) is 6.63. The Morgan fingerprint density at radius 1 is 1.18 bits per heavy atom. The summed E-state index contributed by atoms with van der Waals surface area (Å²) in [6, 6.07) is 12.5.